The number of nitro groups is 1. The smallest absolute Gasteiger partial charge is 0.330 e. The molecule has 7 nitrogen and oxygen atoms in total. The Morgan fingerprint density at radius 2 is 2.05 bits per heavy atom. The highest BCUT2D eigenvalue weighted by molar-refractivity contribution is 5.79. The van der Waals surface area contributed by atoms with Crippen molar-refractivity contribution in [3.05, 3.63) is 63.8 Å². The highest BCUT2D eigenvalue weighted by atomic mass is 16.6. The van der Waals surface area contributed by atoms with Crippen molar-refractivity contribution in [1.29, 1.82) is 0 Å². The van der Waals surface area contributed by atoms with Crippen LogP contribution in [0.1, 0.15) is 17.2 Å². The van der Waals surface area contributed by atoms with Gasteiger partial charge in [0.25, 0.3) is 5.69 Å². The lowest BCUT2D eigenvalue weighted by atomic mass is 10.1. The molecule has 0 fully saturated rings. The minimum Gasteiger partial charge on any atom is -0.479 e. The van der Waals surface area contributed by atoms with Crippen LogP contribution in [0, 0.1) is 17.0 Å². The Kier molecular flexibility index (Phi) is 4.13. The molecular formula is C14H13N3O4. The number of carboxylic acid groups (broad SMARTS) is 1. The van der Waals surface area contributed by atoms with Gasteiger partial charge < -0.3 is 10.4 Å². The Bertz CT molecular complexity index is 673. The third kappa shape index (κ3) is 3.33. The third-order valence-corrected chi connectivity index (χ3v) is 2.95. The van der Waals surface area contributed by atoms with Gasteiger partial charge in [-0.25, -0.2) is 9.78 Å². The van der Waals surface area contributed by atoms with E-state index in [4.69, 9.17) is 0 Å². The van der Waals surface area contributed by atoms with Crippen LogP contribution in [0.4, 0.5) is 11.5 Å². The minimum absolute atomic E-state index is 0.105. The zero-order valence-electron chi connectivity index (χ0n) is 11.2. The van der Waals surface area contributed by atoms with Crippen molar-refractivity contribution >= 4 is 17.5 Å². The molecule has 0 spiro atoms. The maximum Gasteiger partial charge on any atom is 0.330 e. The van der Waals surface area contributed by atoms with Crippen LogP contribution in [-0.4, -0.2) is 21.0 Å². The summed E-state index contributed by atoms with van der Waals surface area (Å²) in [5.41, 5.74) is 0.879. The molecule has 0 aliphatic heterocycles. The highest BCUT2D eigenvalue weighted by Gasteiger charge is 2.21. The predicted octanol–water partition coefficient (Wildman–Crippen LogP) is 2.54. The summed E-state index contributed by atoms with van der Waals surface area (Å²) in [6.45, 7) is 1.57. The molecule has 21 heavy (non-hydrogen) atoms. The van der Waals surface area contributed by atoms with Crippen LogP contribution in [0.5, 0.6) is 0 Å². The molecular weight excluding hydrogens is 274 g/mol. The van der Waals surface area contributed by atoms with Crippen LogP contribution < -0.4 is 5.32 Å². The number of benzene rings is 1. The second-order valence-electron chi connectivity index (χ2n) is 4.44. The fourth-order valence-electron chi connectivity index (χ4n) is 1.90. The van der Waals surface area contributed by atoms with Crippen molar-refractivity contribution in [1.82, 2.24) is 4.98 Å². The van der Waals surface area contributed by atoms with E-state index in [2.05, 4.69) is 10.3 Å². The molecule has 0 amide bonds. The molecule has 2 aromatic rings. The molecule has 2 N–H and O–H groups in total. The molecule has 7 heteroatoms. The van der Waals surface area contributed by atoms with E-state index in [-0.39, 0.29) is 11.5 Å². The second-order valence-corrected chi connectivity index (χ2v) is 4.44. The van der Waals surface area contributed by atoms with Gasteiger partial charge in [0, 0.05) is 5.56 Å². The Morgan fingerprint density at radius 1 is 1.38 bits per heavy atom. The number of hydrogen-bond acceptors (Lipinski definition) is 5. The molecule has 108 valence electrons. The largest absolute Gasteiger partial charge is 0.479 e. The van der Waals surface area contributed by atoms with Crippen molar-refractivity contribution in [2.45, 2.75) is 13.0 Å². The van der Waals surface area contributed by atoms with Gasteiger partial charge in [0.15, 0.2) is 6.04 Å². The minimum atomic E-state index is -1.06. The van der Waals surface area contributed by atoms with Crippen molar-refractivity contribution in [3.63, 3.8) is 0 Å². The Balaban J connectivity index is 2.28. The lowest BCUT2D eigenvalue weighted by Gasteiger charge is -2.15. The maximum absolute atomic E-state index is 11.4. The number of pyridine rings is 1. The molecule has 1 heterocycles. The van der Waals surface area contributed by atoms with Crippen LogP contribution in [-0.2, 0) is 4.79 Å². The summed E-state index contributed by atoms with van der Waals surface area (Å²) in [4.78, 5) is 25.5. The number of aryl methyl sites for hydroxylation is 1. The van der Waals surface area contributed by atoms with E-state index in [0.717, 1.165) is 6.20 Å². The Labute approximate surface area is 120 Å². The number of anilines is 1. The summed E-state index contributed by atoms with van der Waals surface area (Å²) >= 11 is 0. The normalized spacial score (nSPS) is 11.7. The standard InChI is InChI=1S/C14H13N3O4/c1-9-7-12(15-8-11(9)17(20)21)16-13(14(18)19)10-5-3-2-4-6-10/h2-8,13H,1H3,(H,15,16)(H,18,19). The molecule has 0 bridgehead atoms. The zero-order valence-corrected chi connectivity index (χ0v) is 11.2. The molecule has 0 aliphatic carbocycles. The fraction of sp³-hybridized carbons (Fsp3) is 0.143. The van der Waals surface area contributed by atoms with Crippen LogP contribution in [0.25, 0.3) is 0 Å². The van der Waals surface area contributed by atoms with Gasteiger partial charge in [0.2, 0.25) is 0 Å². The van der Waals surface area contributed by atoms with E-state index in [0.29, 0.717) is 11.1 Å². The Hall–Kier alpha value is -2.96. The van der Waals surface area contributed by atoms with E-state index in [1.807, 2.05) is 0 Å². The summed E-state index contributed by atoms with van der Waals surface area (Å²) < 4.78 is 0. The topological polar surface area (TPSA) is 105 Å². The van der Waals surface area contributed by atoms with E-state index in [1.54, 1.807) is 37.3 Å². The van der Waals surface area contributed by atoms with Gasteiger partial charge >= 0.3 is 5.97 Å². The fourth-order valence-corrected chi connectivity index (χ4v) is 1.90. The number of nitrogens with one attached hydrogen (secondary N) is 1. The SMILES string of the molecule is Cc1cc(NC(C(=O)O)c2ccccc2)ncc1[N+](=O)[O-]. The number of nitrogens with zero attached hydrogens (tertiary/aromatic N) is 2. The first-order valence-corrected chi connectivity index (χ1v) is 6.14. The molecule has 0 radical (unpaired) electrons. The number of hydrogen-bond donors (Lipinski definition) is 2. The average molecular weight is 287 g/mol. The molecule has 0 saturated heterocycles. The third-order valence-electron chi connectivity index (χ3n) is 2.95. The Morgan fingerprint density at radius 3 is 2.57 bits per heavy atom. The highest BCUT2D eigenvalue weighted by Crippen LogP contribution is 2.23. The second kappa shape index (κ2) is 6.00. The molecule has 1 atom stereocenters. The summed E-state index contributed by atoms with van der Waals surface area (Å²) in [5, 5.41) is 22.8. The van der Waals surface area contributed by atoms with Crippen LogP contribution >= 0.6 is 0 Å². The summed E-state index contributed by atoms with van der Waals surface area (Å²) in [5.74, 6) is -0.784. The number of carbonyl (C=O) groups is 1. The molecule has 1 aromatic heterocycles. The summed E-state index contributed by atoms with van der Waals surface area (Å²) in [6.07, 6.45) is 1.11. The van der Waals surface area contributed by atoms with Crippen molar-refractivity contribution < 1.29 is 14.8 Å². The maximum atomic E-state index is 11.4. The van der Waals surface area contributed by atoms with Crippen LogP contribution in [0.15, 0.2) is 42.6 Å². The summed E-state index contributed by atoms with van der Waals surface area (Å²) in [7, 11) is 0. The quantitative estimate of drug-likeness (QED) is 0.646. The van der Waals surface area contributed by atoms with Crippen molar-refractivity contribution in [3.8, 4) is 0 Å². The van der Waals surface area contributed by atoms with Crippen molar-refractivity contribution in [2.75, 3.05) is 5.32 Å². The molecule has 1 aromatic carbocycles. The van der Waals surface area contributed by atoms with Gasteiger partial charge in [-0.2, -0.15) is 0 Å². The molecule has 0 aliphatic rings. The van der Waals surface area contributed by atoms with Gasteiger partial charge in [-0.1, -0.05) is 30.3 Å². The number of aliphatic carboxylic acids is 1. The van der Waals surface area contributed by atoms with Crippen molar-refractivity contribution in [2.24, 2.45) is 0 Å². The van der Waals surface area contributed by atoms with E-state index in [9.17, 15) is 20.0 Å². The van der Waals surface area contributed by atoms with Gasteiger partial charge in [-0.3, -0.25) is 10.1 Å². The van der Waals surface area contributed by atoms with Gasteiger partial charge in [0.05, 0.1) is 4.92 Å². The predicted molar refractivity (Wildman–Crippen MR) is 76.1 cm³/mol. The van der Waals surface area contributed by atoms with Gasteiger partial charge in [0.1, 0.15) is 12.0 Å². The lowest BCUT2D eigenvalue weighted by molar-refractivity contribution is -0.385. The first-order chi connectivity index (χ1) is 9.99. The first-order valence-electron chi connectivity index (χ1n) is 6.14. The van der Waals surface area contributed by atoms with E-state index >= 15 is 0 Å². The first kappa shape index (κ1) is 14.4. The molecule has 1 unspecified atom stereocenters. The lowest BCUT2D eigenvalue weighted by Crippen LogP contribution is -2.21. The monoisotopic (exact) mass is 287 g/mol. The molecule has 0 saturated carbocycles. The number of rotatable bonds is 5. The van der Waals surface area contributed by atoms with Gasteiger partial charge in [-0.15, -0.1) is 0 Å². The van der Waals surface area contributed by atoms with Crippen LogP contribution in [0.2, 0.25) is 0 Å². The van der Waals surface area contributed by atoms with E-state index in [1.165, 1.54) is 6.07 Å². The zero-order chi connectivity index (χ0) is 15.4. The summed E-state index contributed by atoms with van der Waals surface area (Å²) in [6, 6.07) is 9.12. The van der Waals surface area contributed by atoms with Gasteiger partial charge in [-0.05, 0) is 18.6 Å². The number of carboxylic acids is 1. The van der Waals surface area contributed by atoms with E-state index < -0.39 is 16.9 Å². The number of aromatic nitrogens is 1. The molecule has 2 rings (SSSR count). The average Bonchev–Trinajstić information content (AvgIpc) is 2.45. The van der Waals surface area contributed by atoms with Crippen LogP contribution in [0.3, 0.4) is 0 Å².